The van der Waals surface area contributed by atoms with Gasteiger partial charge in [0.15, 0.2) is 0 Å². The molecule has 0 fully saturated rings. The molecule has 92 valence electrons. The van der Waals surface area contributed by atoms with Crippen LogP contribution in [0.25, 0.3) is 30.9 Å². The number of aryl methyl sites for hydroxylation is 1. The maximum Gasteiger partial charge on any atom is 0.0361 e. The van der Waals surface area contributed by atoms with Crippen LogP contribution in [0.1, 0.15) is 12.5 Å². The summed E-state index contributed by atoms with van der Waals surface area (Å²) in [5, 5.41) is 5.54. The van der Waals surface area contributed by atoms with Gasteiger partial charge in [0.05, 0.1) is 0 Å². The number of rotatable bonds is 1. The molecule has 0 N–H and O–H groups in total. The third-order valence-electron chi connectivity index (χ3n) is 3.83. The minimum atomic E-state index is 1.10. The SMILES string of the molecule is CCc1ccc2sc3ccc4ccccc4c3c2c1. The van der Waals surface area contributed by atoms with Crippen molar-refractivity contribution in [2.24, 2.45) is 0 Å². The number of fused-ring (bicyclic) bond motifs is 5. The second-order valence-corrected chi connectivity index (χ2v) is 6.03. The average molecular weight is 262 g/mol. The van der Waals surface area contributed by atoms with Crippen molar-refractivity contribution < 1.29 is 0 Å². The van der Waals surface area contributed by atoms with E-state index >= 15 is 0 Å². The van der Waals surface area contributed by atoms with Crippen LogP contribution in [-0.4, -0.2) is 0 Å². The summed E-state index contributed by atoms with van der Waals surface area (Å²) in [5.74, 6) is 0. The Hall–Kier alpha value is -1.86. The van der Waals surface area contributed by atoms with Gasteiger partial charge in [-0.2, -0.15) is 0 Å². The van der Waals surface area contributed by atoms with Crippen LogP contribution in [0.2, 0.25) is 0 Å². The van der Waals surface area contributed by atoms with Gasteiger partial charge in [-0.1, -0.05) is 43.3 Å². The van der Waals surface area contributed by atoms with Crippen LogP contribution < -0.4 is 0 Å². The lowest BCUT2D eigenvalue weighted by Gasteiger charge is -2.01. The highest BCUT2D eigenvalue weighted by atomic mass is 32.1. The molecule has 3 aromatic carbocycles. The van der Waals surface area contributed by atoms with Crippen molar-refractivity contribution in [2.75, 3.05) is 0 Å². The molecule has 0 aliphatic heterocycles. The summed E-state index contributed by atoms with van der Waals surface area (Å²) in [6.07, 6.45) is 1.10. The van der Waals surface area contributed by atoms with Gasteiger partial charge in [-0.3, -0.25) is 0 Å². The molecule has 4 rings (SSSR count). The second kappa shape index (κ2) is 4.07. The van der Waals surface area contributed by atoms with E-state index in [1.54, 1.807) is 0 Å². The lowest BCUT2D eigenvalue weighted by atomic mass is 10.0. The van der Waals surface area contributed by atoms with Crippen LogP contribution in [0.15, 0.2) is 54.6 Å². The molecule has 0 bridgehead atoms. The van der Waals surface area contributed by atoms with Gasteiger partial charge < -0.3 is 0 Å². The van der Waals surface area contributed by atoms with Crippen molar-refractivity contribution in [1.82, 2.24) is 0 Å². The van der Waals surface area contributed by atoms with Crippen LogP contribution in [0.3, 0.4) is 0 Å². The molecule has 0 aliphatic carbocycles. The van der Waals surface area contributed by atoms with E-state index < -0.39 is 0 Å². The molecule has 0 amide bonds. The van der Waals surface area contributed by atoms with Gasteiger partial charge in [-0.15, -0.1) is 11.3 Å². The summed E-state index contributed by atoms with van der Waals surface area (Å²) in [6, 6.07) is 20.1. The van der Waals surface area contributed by atoms with Gasteiger partial charge >= 0.3 is 0 Å². The lowest BCUT2D eigenvalue weighted by molar-refractivity contribution is 1.15. The molecule has 0 saturated heterocycles. The van der Waals surface area contributed by atoms with Gasteiger partial charge in [0.25, 0.3) is 0 Å². The normalized spacial score (nSPS) is 11.6. The van der Waals surface area contributed by atoms with Crippen molar-refractivity contribution in [3.63, 3.8) is 0 Å². The molecule has 0 radical (unpaired) electrons. The molecule has 0 nitrogen and oxygen atoms in total. The molecule has 0 atom stereocenters. The Morgan fingerprint density at radius 2 is 1.68 bits per heavy atom. The molecule has 1 aromatic heterocycles. The Balaban J connectivity index is 2.27. The third-order valence-corrected chi connectivity index (χ3v) is 4.97. The molecule has 0 aliphatic rings. The van der Waals surface area contributed by atoms with Gasteiger partial charge in [-0.25, -0.2) is 0 Å². The first-order valence-corrected chi connectivity index (χ1v) is 7.51. The fourth-order valence-electron chi connectivity index (χ4n) is 2.81. The maximum absolute atomic E-state index is 2.36. The summed E-state index contributed by atoms with van der Waals surface area (Å²) < 4.78 is 2.78. The molecule has 0 unspecified atom stereocenters. The topological polar surface area (TPSA) is 0 Å². The van der Waals surface area contributed by atoms with Gasteiger partial charge in [0, 0.05) is 20.2 Å². The number of hydrogen-bond acceptors (Lipinski definition) is 1. The van der Waals surface area contributed by atoms with Crippen LogP contribution in [0, 0.1) is 0 Å². The standard InChI is InChI=1S/C18H14S/c1-2-12-7-9-16-15(11-12)18-14-6-4-3-5-13(14)8-10-17(18)19-16/h3-11H,2H2,1H3. The Labute approximate surface area is 116 Å². The fraction of sp³-hybridized carbons (Fsp3) is 0.111. The predicted molar refractivity (Wildman–Crippen MR) is 86.2 cm³/mol. The van der Waals surface area contributed by atoms with Crippen molar-refractivity contribution in [3.05, 3.63) is 60.2 Å². The first-order valence-electron chi connectivity index (χ1n) is 6.69. The minimum absolute atomic E-state index is 1.10. The largest absolute Gasteiger partial charge is 0.135 e. The molecular formula is C18H14S. The highest BCUT2D eigenvalue weighted by Crippen LogP contribution is 2.38. The third kappa shape index (κ3) is 1.58. The first kappa shape index (κ1) is 11.0. The average Bonchev–Trinajstić information content (AvgIpc) is 2.85. The molecule has 19 heavy (non-hydrogen) atoms. The van der Waals surface area contributed by atoms with Gasteiger partial charge in [-0.05, 0) is 41.0 Å². The molecule has 0 spiro atoms. The van der Waals surface area contributed by atoms with Crippen molar-refractivity contribution >= 4 is 42.3 Å². The fourth-order valence-corrected chi connectivity index (χ4v) is 3.92. The quantitative estimate of drug-likeness (QED) is 0.408. The number of thiophene rings is 1. The van der Waals surface area contributed by atoms with Crippen LogP contribution in [-0.2, 0) is 6.42 Å². The highest BCUT2D eigenvalue weighted by Gasteiger charge is 2.08. The van der Waals surface area contributed by atoms with E-state index in [2.05, 4.69) is 61.5 Å². The monoisotopic (exact) mass is 262 g/mol. The van der Waals surface area contributed by atoms with Crippen molar-refractivity contribution in [2.45, 2.75) is 13.3 Å². The molecule has 0 saturated carbocycles. The van der Waals surface area contributed by atoms with E-state index in [4.69, 9.17) is 0 Å². The van der Waals surface area contributed by atoms with Crippen LogP contribution in [0.4, 0.5) is 0 Å². The van der Waals surface area contributed by atoms with E-state index in [1.807, 2.05) is 11.3 Å². The van der Waals surface area contributed by atoms with E-state index in [0.29, 0.717) is 0 Å². The summed E-state index contributed by atoms with van der Waals surface area (Å²) in [7, 11) is 0. The Morgan fingerprint density at radius 1 is 0.842 bits per heavy atom. The predicted octanol–water partition coefficient (Wildman–Crippen LogP) is 5.77. The number of benzene rings is 3. The summed E-state index contributed by atoms with van der Waals surface area (Å²) in [6.45, 7) is 2.22. The van der Waals surface area contributed by atoms with E-state index in [9.17, 15) is 0 Å². The Bertz CT molecular complexity index is 899. The maximum atomic E-state index is 2.36. The molecule has 4 aromatic rings. The molecular weight excluding hydrogens is 248 g/mol. The molecule has 1 heteroatoms. The van der Waals surface area contributed by atoms with Gasteiger partial charge in [0.2, 0.25) is 0 Å². The van der Waals surface area contributed by atoms with E-state index in [1.165, 1.54) is 36.5 Å². The zero-order chi connectivity index (χ0) is 12.8. The summed E-state index contributed by atoms with van der Waals surface area (Å²) >= 11 is 1.90. The minimum Gasteiger partial charge on any atom is -0.135 e. The van der Waals surface area contributed by atoms with E-state index in [-0.39, 0.29) is 0 Å². The first-order chi connectivity index (χ1) is 9.36. The number of hydrogen-bond donors (Lipinski definition) is 0. The van der Waals surface area contributed by atoms with Crippen molar-refractivity contribution in [1.29, 1.82) is 0 Å². The Kier molecular flexibility index (Phi) is 2.36. The lowest BCUT2D eigenvalue weighted by Crippen LogP contribution is -1.78. The highest BCUT2D eigenvalue weighted by molar-refractivity contribution is 7.26. The summed E-state index contributed by atoms with van der Waals surface area (Å²) in [5.41, 5.74) is 1.42. The second-order valence-electron chi connectivity index (χ2n) is 4.95. The zero-order valence-electron chi connectivity index (χ0n) is 10.8. The smallest absolute Gasteiger partial charge is 0.0361 e. The van der Waals surface area contributed by atoms with Crippen molar-refractivity contribution in [3.8, 4) is 0 Å². The Morgan fingerprint density at radius 3 is 2.58 bits per heavy atom. The van der Waals surface area contributed by atoms with E-state index in [0.717, 1.165) is 6.42 Å². The van der Waals surface area contributed by atoms with Crippen LogP contribution in [0.5, 0.6) is 0 Å². The van der Waals surface area contributed by atoms with Crippen LogP contribution >= 0.6 is 11.3 Å². The van der Waals surface area contributed by atoms with Gasteiger partial charge in [0.1, 0.15) is 0 Å². The summed E-state index contributed by atoms with van der Waals surface area (Å²) in [4.78, 5) is 0. The zero-order valence-corrected chi connectivity index (χ0v) is 11.6. The molecule has 1 heterocycles.